The average Bonchev–Trinajstić information content (AvgIpc) is 3.12. The Bertz CT molecular complexity index is 428. The van der Waals surface area contributed by atoms with E-state index in [4.69, 9.17) is 4.74 Å². The third-order valence-corrected chi connectivity index (χ3v) is 5.56. The Morgan fingerprint density at radius 2 is 2.00 bits per heavy atom. The van der Waals surface area contributed by atoms with Crippen LogP contribution in [0.15, 0.2) is 0 Å². The molecule has 3 rings (SSSR count). The van der Waals surface area contributed by atoms with Crippen molar-refractivity contribution >= 4 is 12.0 Å². The van der Waals surface area contributed by atoms with Gasteiger partial charge in [0.15, 0.2) is 0 Å². The summed E-state index contributed by atoms with van der Waals surface area (Å²) in [5, 5.41) is 15.2. The number of carboxylic acids is 1. The van der Waals surface area contributed by atoms with Gasteiger partial charge in [-0.1, -0.05) is 0 Å². The smallest absolute Gasteiger partial charge is 0.315 e. The van der Waals surface area contributed by atoms with Crippen molar-refractivity contribution in [1.82, 2.24) is 10.6 Å². The van der Waals surface area contributed by atoms with Crippen molar-refractivity contribution in [3.8, 4) is 0 Å². The number of carboxylic acid groups (broad SMARTS) is 1. The summed E-state index contributed by atoms with van der Waals surface area (Å²) in [4.78, 5) is 23.5. The third kappa shape index (κ3) is 2.86. The summed E-state index contributed by atoms with van der Waals surface area (Å²) in [6.45, 7) is 3.36. The Kier molecular flexibility index (Phi) is 4.06. The topological polar surface area (TPSA) is 87.7 Å². The number of hydrogen-bond donors (Lipinski definition) is 3. The van der Waals surface area contributed by atoms with Crippen molar-refractivity contribution in [2.24, 2.45) is 23.7 Å². The lowest BCUT2D eigenvalue weighted by Crippen LogP contribution is -2.51. The zero-order valence-electron chi connectivity index (χ0n) is 12.4. The van der Waals surface area contributed by atoms with Crippen LogP contribution in [0.5, 0.6) is 0 Å². The fourth-order valence-corrected chi connectivity index (χ4v) is 4.32. The van der Waals surface area contributed by atoms with Crippen LogP contribution in [-0.2, 0) is 9.53 Å². The molecule has 6 atom stereocenters. The van der Waals surface area contributed by atoms with Gasteiger partial charge in [-0.3, -0.25) is 4.79 Å². The first-order valence-corrected chi connectivity index (χ1v) is 7.95. The summed E-state index contributed by atoms with van der Waals surface area (Å²) >= 11 is 0. The summed E-state index contributed by atoms with van der Waals surface area (Å²) in [6.07, 6.45) is 4.10. The van der Waals surface area contributed by atoms with Gasteiger partial charge in [0.25, 0.3) is 0 Å². The van der Waals surface area contributed by atoms with Gasteiger partial charge in [0.05, 0.1) is 12.0 Å². The van der Waals surface area contributed by atoms with Gasteiger partial charge < -0.3 is 20.5 Å². The molecule has 0 aromatic heterocycles. The Hall–Kier alpha value is -1.30. The van der Waals surface area contributed by atoms with Gasteiger partial charge in [0.2, 0.25) is 0 Å². The van der Waals surface area contributed by atoms with Gasteiger partial charge >= 0.3 is 12.0 Å². The number of hydrogen-bond acceptors (Lipinski definition) is 3. The summed E-state index contributed by atoms with van der Waals surface area (Å²) in [6, 6.07) is -0.448. The first-order chi connectivity index (χ1) is 10.1. The Morgan fingerprint density at radius 1 is 1.24 bits per heavy atom. The van der Waals surface area contributed by atoms with E-state index in [1.807, 2.05) is 6.92 Å². The lowest BCUT2D eigenvalue weighted by atomic mass is 9.84. The van der Waals surface area contributed by atoms with Crippen molar-refractivity contribution in [2.45, 2.75) is 44.8 Å². The number of ether oxygens (including phenoxy) is 1. The van der Waals surface area contributed by atoms with E-state index in [9.17, 15) is 14.7 Å². The minimum atomic E-state index is -0.773. The van der Waals surface area contributed by atoms with Crippen LogP contribution in [0.3, 0.4) is 0 Å². The second kappa shape index (κ2) is 5.83. The quantitative estimate of drug-likeness (QED) is 0.727. The summed E-state index contributed by atoms with van der Waals surface area (Å²) < 4.78 is 5.47. The van der Waals surface area contributed by atoms with Crippen molar-refractivity contribution < 1.29 is 19.4 Å². The van der Waals surface area contributed by atoms with E-state index in [0.717, 1.165) is 32.3 Å². The number of carbonyl (C=O) groups is 2. The van der Waals surface area contributed by atoms with Crippen molar-refractivity contribution in [2.75, 3.05) is 13.2 Å². The molecule has 2 saturated carbocycles. The summed E-state index contributed by atoms with van der Waals surface area (Å²) in [7, 11) is 0. The maximum atomic E-state index is 12.1. The first-order valence-electron chi connectivity index (χ1n) is 7.95. The van der Waals surface area contributed by atoms with Crippen LogP contribution in [0.2, 0.25) is 0 Å². The van der Waals surface area contributed by atoms with Crippen molar-refractivity contribution in [1.29, 1.82) is 0 Å². The van der Waals surface area contributed by atoms with Gasteiger partial charge in [-0.2, -0.15) is 0 Å². The molecule has 1 aliphatic heterocycles. The van der Waals surface area contributed by atoms with Crippen molar-refractivity contribution in [3.05, 3.63) is 0 Å². The van der Waals surface area contributed by atoms with E-state index in [0.29, 0.717) is 18.4 Å². The lowest BCUT2D eigenvalue weighted by Gasteiger charge is -2.29. The number of urea groups is 1. The molecule has 1 saturated heterocycles. The SMILES string of the molecule is CC1OCCC1CNC(=O)NC1C2CCC(C2)C1C(=O)O. The number of amides is 2. The van der Waals surface area contributed by atoms with Crippen LogP contribution in [-0.4, -0.2) is 42.4 Å². The fourth-order valence-electron chi connectivity index (χ4n) is 4.32. The molecule has 0 aromatic carbocycles. The molecule has 1 heterocycles. The molecule has 0 spiro atoms. The molecule has 6 heteroatoms. The minimum absolute atomic E-state index is 0.180. The maximum absolute atomic E-state index is 12.1. The second-order valence-corrected chi connectivity index (χ2v) is 6.70. The number of fused-ring (bicyclic) bond motifs is 2. The molecule has 21 heavy (non-hydrogen) atoms. The molecule has 0 radical (unpaired) electrons. The first kappa shape index (κ1) is 14.6. The number of rotatable bonds is 4. The van der Waals surface area contributed by atoms with Crippen LogP contribution in [0, 0.1) is 23.7 Å². The highest BCUT2D eigenvalue weighted by molar-refractivity contribution is 5.77. The molecule has 2 amide bonds. The zero-order chi connectivity index (χ0) is 15.0. The molecule has 6 unspecified atom stereocenters. The van der Waals surface area contributed by atoms with Gasteiger partial charge in [-0.05, 0) is 44.4 Å². The van der Waals surface area contributed by atoms with E-state index in [2.05, 4.69) is 10.6 Å². The predicted octanol–water partition coefficient (Wildman–Crippen LogP) is 1.21. The molecule has 2 bridgehead atoms. The summed E-state index contributed by atoms with van der Waals surface area (Å²) in [5.74, 6) is -0.267. The van der Waals surface area contributed by atoms with Crippen molar-refractivity contribution in [3.63, 3.8) is 0 Å². The van der Waals surface area contributed by atoms with Gasteiger partial charge in [0, 0.05) is 25.1 Å². The Balaban J connectivity index is 1.51. The molecule has 0 aromatic rings. The molecule has 3 aliphatic rings. The van der Waals surface area contributed by atoms with Crippen LogP contribution in [0.4, 0.5) is 4.79 Å². The predicted molar refractivity (Wildman–Crippen MR) is 75.8 cm³/mol. The molecule has 2 aliphatic carbocycles. The van der Waals surface area contributed by atoms with Crippen LogP contribution in [0.1, 0.15) is 32.6 Å². The molecular weight excluding hydrogens is 272 g/mol. The summed E-state index contributed by atoms with van der Waals surface area (Å²) in [5.41, 5.74) is 0. The molecule has 118 valence electrons. The highest BCUT2D eigenvalue weighted by Gasteiger charge is 2.51. The van der Waals surface area contributed by atoms with E-state index >= 15 is 0 Å². The average molecular weight is 296 g/mol. The highest BCUT2D eigenvalue weighted by Crippen LogP contribution is 2.48. The fraction of sp³-hybridized carbons (Fsp3) is 0.867. The monoisotopic (exact) mass is 296 g/mol. The minimum Gasteiger partial charge on any atom is -0.481 e. The van der Waals surface area contributed by atoms with E-state index in [1.165, 1.54) is 0 Å². The second-order valence-electron chi connectivity index (χ2n) is 6.70. The van der Waals surface area contributed by atoms with E-state index < -0.39 is 11.9 Å². The van der Waals surface area contributed by atoms with E-state index in [1.54, 1.807) is 0 Å². The largest absolute Gasteiger partial charge is 0.481 e. The number of aliphatic carboxylic acids is 1. The van der Waals surface area contributed by atoms with Gasteiger partial charge in [0.1, 0.15) is 0 Å². The lowest BCUT2D eigenvalue weighted by molar-refractivity contribution is -0.144. The molecule has 3 fully saturated rings. The van der Waals surface area contributed by atoms with E-state index in [-0.39, 0.29) is 24.1 Å². The van der Waals surface area contributed by atoms with Crippen LogP contribution >= 0.6 is 0 Å². The van der Waals surface area contributed by atoms with Gasteiger partial charge in [-0.15, -0.1) is 0 Å². The number of carbonyl (C=O) groups excluding carboxylic acids is 1. The normalized spacial score (nSPS) is 41.2. The standard InChI is InChI=1S/C15H24N2O4/c1-8-11(4-5-21-8)7-16-15(20)17-13-10-3-2-9(6-10)12(13)14(18)19/h8-13H,2-7H2,1H3,(H,18,19)(H2,16,17,20). The molecular formula is C15H24N2O4. The maximum Gasteiger partial charge on any atom is 0.315 e. The van der Waals surface area contributed by atoms with Crippen LogP contribution in [0.25, 0.3) is 0 Å². The Morgan fingerprint density at radius 3 is 2.67 bits per heavy atom. The number of nitrogens with one attached hydrogen (secondary N) is 2. The van der Waals surface area contributed by atoms with Gasteiger partial charge in [-0.25, -0.2) is 4.79 Å². The van der Waals surface area contributed by atoms with Crippen LogP contribution < -0.4 is 10.6 Å². The highest BCUT2D eigenvalue weighted by atomic mass is 16.5. The molecule has 3 N–H and O–H groups in total. The third-order valence-electron chi connectivity index (χ3n) is 5.56. The molecule has 6 nitrogen and oxygen atoms in total. The Labute approximate surface area is 124 Å². The zero-order valence-corrected chi connectivity index (χ0v) is 12.4.